The van der Waals surface area contributed by atoms with E-state index in [0.717, 1.165) is 36.3 Å². The summed E-state index contributed by atoms with van der Waals surface area (Å²) in [7, 11) is 0. The Labute approximate surface area is 137 Å². The fourth-order valence-corrected chi connectivity index (χ4v) is 3.84. The van der Waals surface area contributed by atoms with Gasteiger partial charge in [0.15, 0.2) is 5.84 Å². The van der Waals surface area contributed by atoms with Gasteiger partial charge in [0.25, 0.3) is 0 Å². The molecule has 1 fully saturated rings. The molecule has 1 heterocycles. The first-order valence-corrected chi connectivity index (χ1v) is 8.43. The van der Waals surface area contributed by atoms with Crippen molar-refractivity contribution in [3.8, 4) is 11.5 Å². The van der Waals surface area contributed by atoms with Gasteiger partial charge in [-0.15, -0.1) is 0 Å². The van der Waals surface area contributed by atoms with E-state index in [9.17, 15) is 10.3 Å². The summed E-state index contributed by atoms with van der Waals surface area (Å²) < 4.78 is 5.88. The number of hydroxylamine groups is 2. The Kier molecular flexibility index (Phi) is 4.00. The van der Waals surface area contributed by atoms with E-state index in [4.69, 9.17) is 10.1 Å². The van der Waals surface area contributed by atoms with Crippen LogP contribution in [0.1, 0.15) is 57.6 Å². The predicted molar refractivity (Wildman–Crippen MR) is 88.2 cm³/mol. The SMILES string of the molecule is CC(C)CC(C)COc1cc(O)c2c(c1)C1(CCC1)N(O)C2=N. The third-order valence-electron chi connectivity index (χ3n) is 5.04. The molecule has 3 N–H and O–H groups in total. The van der Waals surface area contributed by atoms with Crippen molar-refractivity contribution in [2.75, 3.05) is 6.61 Å². The van der Waals surface area contributed by atoms with Crippen molar-refractivity contribution >= 4 is 5.84 Å². The summed E-state index contributed by atoms with van der Waals surface area (Å²) in [6.45, 7) is 7.15. The molecule has 1 unspecified atom stereocenters. The van der Waals surface area contributed by atoms with Crippen molar-refractivity contribution in [1.29, 1.82) is 5.41 Å². The van der Waals surface area contributed by atoms with Crippen molar-refractivity contribution in [1.82, 2.24) is 5.06 Å². The van der Waals surface area contributed by atoms with E-state index < -0.39 is 5.54 Å². The van der Waals surface area contributed by atoms with Gasteiger partial charge >= 0.3 is 0 Å². The maximum absolute atomic E-state index is 10.3. The van der Waals surface area contributed by atoms with E-state index in [-0.39, 0.29) is 11.6 Å². The average molecular weight is 318 g/mol. The maximum Gasteiger partial charge on any atom is 0.157 e. The molecule has 1 spiro atoms. The van der Waals surface area contributed by atoms with Crippen molar-refractivity contribution in [3.63, 3.8) is 0 Å². The molecule has 0 radical (unpaired) electrons. The molecule has 3 rings (SSSR count). The number of phenolic OH excluding ortho intramolecular Hbond substituents is 1. The highest BCUT2D eigenvalue weighted by molar-refractivity contribution is 6.03. The number of fused-ring (bicyclic) bond motifs is 2. The molecule has 0 saturated heterocycles. The van der Waals surface area contributed by atoms with E-state index in [1.807, 2.05) is 6.07 Å². The van der Waals surface area contributed by atoms with Crippen LogP contribution in [-0.4, -0.2) is 27.8 Å². The van der Waals surface area contributed by atoms with Crippen LogP contribution in [0.15, 0.2) is 12.1 Å². The molecule has 1 aromatic carbocycles. The lowest BCUT2D eigenvalue weighted by atomic mass is 9.72. The number of amidine groups is 1. The maximum atomic E-state index is 10.3. The van der Waals surface area contributed by atoms with E-state index in [1.165, 1.54) is 0 Å². The number of ether oxygens (including phenoxy) is 1. The average Bonchev–Trinajstić information content (AvgIpc) is 2.64. The molecule has 1 aliphatic carbocycles. The number of hydrogen-bond donors (Lipinski definition) is 3. The molecule has 0 bridgehead atoms. The number of aromatic hydroxyl groups is 1. The summed E-state index contributed by atoms with van der Waals surface area (Å²) in [6, 6.07) is 3.45. The van der Waals surface area contributed by atoms with Gasteiger partial charge in [0.05, 0.1) is 17.7 Å². The molecule has 1 aliphatic heterocycles. The lowest BCUT2D eigenvalue weighted by Gasteiger charge is -2.43. The van der Waals surface area contributed by atoms with Crippen LogP contribution in [0.4, 0.5) is 0 Å². The molecule has 23 heavy (non-hydrogen) atoms. The lowest BCUT2D eigenvalue weighted by Crippen LogP contribution is -2.46. The van der Waals surface area contributed by atoms with Crippen LogP contribution >= 0.6 is 0 Å². The summed E-state index contributed by atoms with van der Waals surface area (Å²) >= 11 is 0. The largest absolute Gasteiger partial charge is 0.507 e. The van der Waals surface area contributed by atoms with Gasteiger partial charge in [-0.3, -0.25) is 10.6 Å². The van der Waals surface area contributed by atoms with Crippen molar-refractivity contribution in [3.05, 3.63) is 23.3 Å². The van der Waals surface area contributed by atoms with E-state index in [2.05, 4.69) is 20.8 Å². The Bertz CT molecular complexity index is 623. The molecular weight excluding hydrogens is 292 g/mol. The van der Waals surface area contributed by atoms with Crippen LogP contribution in [0.2, 0.25) is 0 Å². The molecule has 1 aromatic rings. The first kappa shape index (κ1) is 16.1. The van der Waals surface area contributed by atoms with Crippen LogP contribution in [0.3, 0.4) is 0 Å². The Balaban J connectivity index is 1.83. The molecule has 0 aromatic heterocycles. The minimum atomic E-state index is -0.535. The molecule has 1 atom stereocenters. The van der Waals surface area contributed by atoms with Gasteiger partial charge in [0.1, 0.15) is 11.5 Å². The Hall–Kier alpha value is -1.75. The first-order chi connectivity index (χ1) is 10.8. The van der Waals surface area contributed by atoms with E-state index in [1.54, 1.807) is 6.07 Å². The number of hydrogen-bond acceptors (Lipinski definition) is 4. The van der Waals surface area contributed by atoms with Crippen LogP contribution < -0.4 is 4.74 Å². The van der Waals surface area contributed by atoms with Gasteiger partial charge in [-0.2, -0.15) is 0 Å². The summed E-state index contributed by atoms with van der Waals surface area (Å²) in [5, 5.41) is 29.7. The highest BCUT2D eigenvalue weighted by Crippen LogP contribution is 2.54. The van der Waals surface area contributed by atoms with Crippen LogP contribution in [-0.2, 0) is 5.54 Å². The summed E-state index contributed by atoms with van der Waals surface area (Å²) in [6.07, 6.45) is 3.70. The summed E-state index contributed by atoms with van der Waals surface area (Å²) in [4.78, 5) is 0. The quantitative estimate of drug-likeness (QED) is 0.770. The second kappa shape index (κ2) is 5.71. The van der Waals surface area contributed by atoms with Gasteiger partial charge in [0.2, 0.25) is 0 Å². The fraction of sp³-hybridized carbons (Fsp3) is 0.611. The molecule has 126 valence electrons. The molecule has 1 saturated carbocycles. The third kappa shape index (κ3) is 2.57. The van der Waals surface area contributed by atoms with Crippen LogP contribution in [0, 0.1) is 17.2 Å². The first-order valence-electron chi connectivity index (χ1n) is 8.43. The second-order valence-electron chi connectivity index (χ2n) is 7.46. The molecule has 5 heteroatoms. The Morgan fingerprint density at radius 3 is 2.57 bits per heavy atom. The minimum absolute atomic E-state index is 0.0156. The van der Waals surface area contributed by atoms with Gasteiger partial charge < -0.3 is 9.84 Å². The Morgan fingerprint density at radius 2 is 2.00 bits per heavy atom. The van der Waals surface area contributed by atoms with Gasteiger partial charge in [0, 0.05) is 6.07 Å². The molecule has 5 nitrogen and oxygen atoms in total. The zero-order valence-electron chi connectivity index (χ0n) is 14.1. The van der Waals surface area contributed by atoms with Gasteiger partial charge in [-0.05, 0) is 49.1 Å². The van der Waals surface area contributed by atoms with Gasteiger partial charge in [-0.1, -0.05) is 20.8 Å². The minimum Gasteiger partial charge on any atom is -0.507 e. The van der Waals surface area contributed by atoms with E-state index in [0.29, 0.717) is 29.8 Å². The normalized spacial score (nSPS) is 19.9. The number of nitrogens with one attached hydrogen (secondary N) is 1. The Morgan fingerprint density at radius 1 is 1.30 bits per heavy atom. The lowest BCUT2D eigenvalue weighted by molar-refractivity contribution is -0.138. The molecule has 0 amide bonds. The summed E-state index contributed by atoms with van der Waals surface area (Å²) in [5.41, 5.74) is 0.727. The fourth-order valence-electron chi connectivity index (χ4n) is 3.84. The van der Waals surface area contributed by atoms with Crippen molar-refractivity contribution < 1.29 is 15.1 Å². The molecular formula is C18H26N2O3. The van der Waals surface area contributed by atoms with Gasteiger partial charge in [-0.25, -0.2) is 5.06 Å². The van der Waals surface area contributed by atoms with Crippen molar-refractivity contribution in [2.45, 2.75) is 52.0 Å². The smallest absolute Gasteiger partial charge is 0.157 e. The van der Waals surface area contributed by atoms with Crippen LogP contribution in [0.5, 0.6) is 11.5 Å². The number of rotatable bonds is 5. The highest BCUT2D eigenvalue weighted by Gasteiger charge is 2.53. The predicted octanol–water partition coefficient (Wildman–Crippen LogP) is 3.86. The third-order valence-corrected chi connectivity index (χ3v) is 5.04. The van der Waals surface area contributed by atoms with Crippen LogP contribution in [0.25, 0.3) is 0 Å². The van der Waals surface area contributed by atoms with E-state index >= 15 is 0 Å². The number of nitrogens with zero attached hydrogens (tertiary/aromatic N) is 1. The standard InChI is InChI=1S/C18H26N2O3/c1-11(2)7-12(3)10-23-13-8-14-16(15(21)9-13)17(19)20(22)18(14)5-4-6-18/h8-9,11-12,19,21-22H,4-7,10H2,1-3H3. The monoisotopic (exact) mass is 318 g/mol. The number of benzene rings is 1. The molecule has 2 aliphatic rings. The second-order valence-corrected chi connectivity index (χ2v) is 7.46. The highest BCUT2D eigenvalue weighted by atomic mass is 16.5. The summed E-state index contributed by atoms with van der Waals surface area (Å²) in [5.74, 6) is 1.68. The topological polar surface area (TPSA) is 76.8 Å². The number of phenols is 1. The van der Waals surface area contributed by atoms with Crippen molar-refractivity contribution in [2.24, 2.45) is 11.8 Å². The zero-order chi connectivity index (χ0) is 16.8. The zero-order valence-corrected chi connectivity index (χ0v) is 14.1.